The van der Waals surface area contributed by atoms with Crippen molar-refractivity contribution in [3.8, 4) is 0 Å². The summed E-state index contributed by atoms with van der Waals surface area (Å²) >= 11 is 0. The highest BCUT2D eigenvalue weighted by Gasteiger charge is 2.42. The lowest BCUT2D eigenvalue weighted by molar-refractivity contribution is -0.146. The summed E-state index contributed by atoms with van der Waals surface area (Å²) < 4.78 is 0. The predicted molar refractivity (Wildman–Crippen MR) is 311 cm³/mol. The van der Waals surface area contributed by atoms with Crippen LogP contribution in [0, 0.1) is 23.7 Å². The number of nitrogens with zero attached hydrogens (tertiary/aromatic N) is 3. The SMILES string of the molecule is CCCCCC(=O)N1CCC[C@H]1N(C=O)[C@@H](CCC1CCCCC1)C(=O)N[C@@H](CC(C)C)C(=O)NC(C)(C)C(=O)N[C@@H](CC(C)C)C(=O)N[C@@H](CC(C)C)C(=O)NC(C)(C)C(=O)NC(C)(C)C(=O)NCCC(=O)N[C@@H](C)CN(C)C. The van der Waals surface area contributed by atoms with Crippen molar-refractivity contribution in [2.24, 2.45) is 23.7 Å². The van der Waals surface area contributed by atoms with Crippen LogP contribution < -0.4 is 42.5 Å². The van der Waals surface area contributed by atoms with E-state index >= 15 is 0 Å². The van der Waals surface area contributed by atoms with E-state index in [1.165, 1.54) is 46.4 Å². The van der Waals surface area contributed by atoms with Crippen molar-refractivity contribution in [1.82, 2.24) is 57.2 Å². The summed E-state index contributed by atoms with van der Waals surface area (Å²) in [5, 5.41) is 22.4. The average molecular weight is 1130 g/mol. The molecule has 80 heavy (non-hydrogen) atoms. The van der Waals surface area contributed by atoms with E-state index in [0.29, 0.717) is 57.5 Å². The van der Waals surface area contributed by atoms with Crippen LogP contribution in [-0.4, -0.2) is 161 Å². The van der Waals surface area contributed by atoms with Gasteiger partial charge in [-0.2, -0.15) is 0 Å². The maximum absolute atomic E-state index is 14.7. The smallest absolute Gasteiger partial charge is 0.246 e. The van der Waals surface area contributed by atoms with Gasteiger partial charge in [0.1, 0.15) is 46.9 Å². The molecular weight excluding hydrogens is 1020 g/mol. The summed E-state index contributed by atoms with van der Waals surface area (Å²) in [6.07, 6.45) is 11.4. The maximum Gasteiger partial charge on any atom is 0.246 e. The van der Waals surface area contributed by atoms with E-state index in [1.807, 2.05) is 67.5 Å². The molecular formula is C59H107N11O10. The lowest BCUT2D eigenvalue weighted by Crippen LogP contribution is -2.65. The zero-order valence-electron chi connectivity index (χ0n) is 51.9. The Hall–Kier alpha value is -5.34. The molecule has 1 saturated heterocycles. The quantitative estimate of drug-likeness (QED) is 0.0322. The Morgan fingerprint density at radius 3 is 1.61 bits per heavy atom. The highest BCUT2D eigenvalue weighted by molar-refractivity contribution is 5.99. The highest BCUT2D eigenvalue weighted by Crippen LogP contribution is 2.31. The second-order valence-corrected chi connectivity index (χ2v) is 25.9. The molecule has 2 rings (SSSR count). The van der Waals surface area contributed by atoms with Crippen molar-refractivity contribution in [3.63, 3.8) is 0 Å². The average Bonchev–Trinajstić information content (AvgIpc) is 3.84. The molecule has 21 heteroatoms. The Morgan fingerprint density at radius 1 is 0.588 bits per heavy atom. The van der Waals surface area contributed by atoms with Gasteiger partial charge in [-0.25, -0.2) is 0 Å². The molecule has 1 aliphatic carbocycles. The summed E-state index contributed by atoms with van der Waals surface area (Å²) in [4.78, 5) is 143. The van der Waals surface area contributed by atoms with E-state index in [4.69, 9.17) is 0 Å². The fraction of sp³-hybridized carbons (Fsp3) is 0.831. The number of carbonyl (C=O) groups is 10. The van der Waals surface area contributed by atoms with E-state index in [1.54, 1.807) is 4.90 Å². The molecule has 8 N–H and O–H groups in total. The minimum Gasteiger partial charge on any atom is -0.354 e. The first-order valence-corrected chi connectivity index (χ1v) is 29.9. The van der Waals surface area contributed by atoms with Crippen LogP contribution >= 0.6 is 0 Å². The number of rotatable bonds is 35. The summed E-state index contributed by atoms with van der Waals surface area (Å²) in [7, 11) is 3.80. The number of unbranched alkanes of at least 4 members (excludes halogenated alkanes) is 2. The topological polar surface area (TPSA) is 277 Å². The predicted octanol–water partition coefficient (Wildman–Crippen LogP) is 4.55. The minimum atomic E-state index is -1.62. The van der Waals surface area contributed by atoms with Crippen LogP contribution in [-0.2, 0) is 47.9 Å². The van der Waals surface area contributed by atoms with Crippen LogP contribution in [0.3, 0.4) is 0 Å². The van der Waals surface area contributed by atoms with Gasteiger partial charge in [-0.1, -0.05) is 93.4 Å². The summed E-state index contributed by atoms with van der Waals surface area (Å²) in [6.45, 7) is 25.3. The molecule has 0 unspecified atom stereocenters. The molecule has 0 aromatic heterocycles. The number of amides is 10. The lowest BCUT2D eigenvalue weighted by Gasteiger charge is -2.38. The second-order valence-electron chi connectivity index (χ2n) is 25.9. The molecule has 0 spiro atoms. The van der Waals surface area contributed by atoms with Gasteiger partial charge in [-0.3, -0.25) is 47.9 Å². The zero-order chi connectivity index (χ0) is 60.7. The molecule has 10 amide bonds. The van der Waals surface area contributed by atoms with Crippen LogP contribution in [0.15, 0.2) is 0 Å². The molecule has 1 heterocycles. The fourth-order valence-electron chi connectivity index (χ4n) is 10.5. The molecule has 0 aromatic carbocycles. The Balaban J connectivity index is 2.27. The number of carbonyl (C=O) groups excluding carboxylic acids is 10. The molecule has 2 aliphatic rings. The summed E-state index contributed by atoms with van der Waals surface area (Å²) in [5.41, 5.74) is -4.64. The minimum absolute atomic E-state index is 0.0320. The van der Waals surface area contributed by atoms with E-state index in [9.17, 15) is 47.9 Å². The van der Waals surface area contributed by atoms with Gasteiger partial charge in [-0.15, -0.1) is 0 Å². The van der Waals surface area contributed by atoms with Crippen molar-refractivity contribution >= 4 is 59.6 Å². The standard InChI is InChI=1S/C59H107N11O10/c1-17-18-20-27-49(73)69-32-23-26-48(69)70(37-71)46(29-28-42-24-21-19-22-25-42)53(77)63-45(35-40(6)7)52(76)65-58(11,12)55(79)64-43(33-38(2)3)50(74)62-44(34-39(4)5)51(75)66-59(13,14)56(80)67-57(9,10)54(78)60-31-30-47(72)61-41(8)36-68(15)16/h37-46,48H,17-36H2,1-16H3,(H,60,78)(H,61,72)(H,62,74)(H,63,77)(H,64,79)(H,65,76)(H,66,75)(H,67,80)/t41-,43-,44-,45-,46-,48+/m0/s1. The Labute approximate surface area is 479 Å². The van der Waals surface area contributed by atoms with Gasteiger partial charge in [0.15, 0.2) is 0 Å². The van der Waals surface area contributed by atoms with Crippen molar-refractivity contribution in [2.75, 3.05) is 33.7 Å². The van der Waals surface area contributed by atoms with E-state index < -0.39 is 88.3 Å². The molecule has 458 valence electrons. The number of hydrogen-bond acceptors (Lipinski definition) is 11. The van der Waals surface area contributed by atoms with Gasteiger partial charge in [0.05, 0.1) is 0 Å². The molecule has 0 radical (unpaired) electrons. The van der Waals surface area contributed by atoms with Gasteiger partial charge in [0.2, 0.25) is 59.6 Å². The molecule has 1 saturated carbocycles. The maximum atomic E-state index is 14.7. The van der Waals surface area contributed by atoms with Crippen LogP contribution in [0.25, 0.3) is 0 Å². The van der Waals surface area contributed by atoms with Crippen LogP contribution in [0.5, 0.6) is 0 Å². The Kier molecular flexibility index (Phi) is 29.7. The van der Waals surface area contributed by atoms with Gasteiger partial charge in [0.25, 0.3) is 0 Å². The largest absolute Gasteiger partial charge is 0.354 e. The lowest BCUT2D eigenvalue weighted by atomic mass is 9.85. The summed E-state index contributed by atoms with van der Waals surface area (Å²) in [6, 6.07) is -4.46. The van der Waals surface area contributed by atoms with E-state index in [-0.39, 0.29) is 67.8 Å². The first-order valence-electron chi connectivity index (χ1n) is 29.9. The van der Waals surface area contributed by atoms with E-state index in [0.717, 1.165) is 51.4 Å². The molecule has 6 atom stereocenters. The van der Waals surface area contributed by atoms with Crippen LogP contribution in [0.2, 0.25) is 0 Å². The summed E-state index contributed by atoms with van der Waals surface area (Å²) in [5.74, 6) is -4.58. The number of likely N-dealkylation sites (tertiary alicyclic amines) is 1. The third-order valence-corrected chi connectivity index (χ3v) is 14.9. The first kappa shape index (κ1) is 70.8. The Bertz CT molecular complexity index is 2050. The molecule has 0 aromatic rings. The highest BCUT2D eigenvalue weighted by atomic mass is 16.2. The third-order valence-electron chi connectivity index (χ3n) is 14.9. The van der Waals surface area contributed by atoms with Gasteiger partial charge >= 0.3 is 0 Å². The number of likely N-dealkylation sites (N-methyl/N-ethyl adjacent to an activating group) is 1. The number of nitrogens with one attached hydrogen (secondary N) is 8. The third kappa shape index (κ3) is 24.4. The van der Waals surface area contributed by atoms with Crippen molar-refractivity contribution in [3.05, 3.63) is 0 Å². The van der Waals surface area contributed by atoms with Crippen molar-refractivity contribution < 1.29 is 47.9 Å². The van der Waals surface area contributed by atoms with Crippen molar-refractivity contribution in [1.29, 1.82) is 0 Å². The van der Waals surface area contributed by atoms with E-state index in [2.05, 4.69) is 49.5 Å². The van der Waals surface area contributed by atoms with Crippen molar-refractivity contribution in [2.45, 2.75) is 259 Å². The monoisotopic (exact) mass is 1130 g/mol. The normalized spacial score (nSPS) is 17.2. The fourth-order valence-corrected chi connectivity index (χ4v) is 10.5. The first-order chi connectivity index (χ1) is 37.2. The second kappa shape index (κ2) is 33.6. The van der Waals surface area contributed by atoms with Crippen LogP contribution in [0.1, 0.15) is 206 Å². The molecule has 1 aliphatic heterocycles. The van der Waals surface area contributed by atoms with Gasteiger partial charge in [-0.05, 0) is 138 Å². The molecule has 0 bridgehead atoms. The van der Waals surface area contributed by atoms with Gasteiger partial charge in [0, 0.05) is 38.5 Å². The Morgan fingerprint density at radius 2 is 1.10 bits per heavy atom. The molecule has 21 nitrogen and oxygen atoms in total. The van der Waals surface area contributed by atoms with Crippen LogP contribution in [0.4, 0.5) is 0 Å². The van der Waals surface area contributed by atoms with Gasteiger partial charge < -0.3 is 57.2 Å². The number of hydrogen-bond donors (Lipinski definition) is 8. The zero-order valence-corrected chi connectivity index (χ0v) is 51.9. The molecule has 2 fully saturated rings.